The summed E-state index contributed by atoms with van der Waals surface area (Å²) in [6.45, 7) is 6.61. The molecule has 4 N–H and O–H groups in total. The Bertz CT molecular complexity index is 2760. The molecule has 4 aromatic carbocycles. The highest BCUT2D eigenvalue weighted by Gasteiger charge is 2.24. The third kappa shape index (κ3) is 11.2. The van der Waals surface area contributed by atoms with Gasteiger partial charge >= 0.3 is 5.97 Å². The van der Waals surface area contributed by atoms with Crippen molar-refractivity contribution in [3.8, 4) is 40.2 Å². The van der Waals surface area contributed by atoms with Crippen molar-refractivity contribution in [3.63, 3.8) is 0 Å². The monoisotopic (exact) mass is 901 g/mol. The maximum absolute atomic E-state index is 11.8. The fourth-order valence-electron chi connectivity index (χ4n) is 7.06. The number of ether oxygens (including phenoxy) is 4. The molecule has 0 saturated heterocycles. The largest absolute Gasteiger partial charge is 0.488 e. The number of pyridine rings is 2. The van der Waals surface area contributed by atoms with E-state index in [0.29, 0.717) is 61.8 Å². The lowest BCUT2D eigenvalue weighted by Crippen LogP contribution is -2.44. The normalized spacial score (nSPS) is 12.8. The molecule has 7 rings (SSSR count). The topological polar surface area (TPSA) is 189 Å². The number of carboxylic acids is 1. The molecule has 1 aliphatic heterocycles. The van der Waals surface area contributed by atoms with Crippen molar-refractivity contribution in [3.05, 3.63) is 163 Å². The number of aliphatic carboxylic acids is 1. The SMILES string of the molecule is Cc1c(COc2cc(OCc3cncc(C#N)c3)c(CO)cc2Cl)cccc1-c1cccc(COc2cc(OCc3cncc(C4=NC4)c3)c(CN[C@@H](C(=O)O)[C@H](C)O)cc2Cl)c1C. The summed E-state index contributed by atoms with van der Waals surface area (Å²) < 4.78 is 24.9. The lowest BCUT2D eigenvalue weighted by atomic mass is 9.92. The van der Waals surface area contributed by atoms with Crippen molar-refractivity contribution in [2.45, 2.75) is 72.5 Å². The second-order valence-corrected chi connectivity index (χ2v) is 16.1. The summed E-state index contributed by atoms with van der Waals surface area (Å²) >= 11 is 13.4. The number of aromatic nitrogens is 2. The zero-order valence-corrected chi connectivity index (χ0v) is 36.8. The van der Waals surface area contributed by atoms with Crippen LogP contribution in [0.4, 0.5) is 0 Å². The Morgan fingerprint density at radius 1 is 0.750 bits per heavy atom. The van der Waals surface area contributed by atoms with Crippen LogP contribution in [0.15, 0.2) is 103 Å². The molecule has 3 heterocycles. The van der Waals surface area contributed by atoms with Crippen LogP contribution < -0.4 is 24.3 Å². The standard InChI is InChI=1S/C49H45Cl2N5O8/c1-28-34(26-63-46-14-44(61-25-33-11-36(20-54-19-33)43-22-55-43)37(12-41(46)50)21-56-48(30(3)58)49(59)60)6-4-8-39(28)40-9-5-7-35(29(40)2)27-64-47-15-45(38(23-57)13-42(47)51)62-24-32-10-31(16-52)17-53-18-32/h4-15,17-20,30,48,56-58H,21-27H2,1-3H3,(H,59,60)/t30-,48+/m0/s1. The third-order valence-corrected chi connectivity index (χ3v) is 11.4. The van der Waals surface area contributed by atoms with Gasteiger partial charge in [-0.25, -0.2) is 0 Å². The van der Waals surface area contributed by atoms with Gasteiger partial charge < -0.3 is 34.3 Å². The smallest absolute Gasteiger partial charge is 0.323 e. The molecule has 0 amide bonds. The van der Waals surface area contributed by atoms with Gasteiger partial charge in [-0.15, -0.1) is 0 Å². The van der Waals surface area contributed by atoms with E-state index < -0.39 is 18.1 Å². The van der Waals surface area contributed by atoms with E-state index in [1.807, 2.05) is 44.2 Å². The number of aliphatic hydroxyl groups excluding tert-OH is 2. The molecule has 1 aliphatic rings. The van der Waals surface area contributed by atoms with Gasteiger partial charge in [0.15, 0.2) is 0 Å². The Hall–Kier alpha value is -6.53. The fraction of sp³-hybridized carbons (Fsp3) is 0.245. The van der Waals surface area contributed by atoms with Gasteiger partial charge in [0.25, 0.3) is 0 Å². The molecule has 64 heavy (non-hydrogen) atoms. The molecule has 6 aromatic rings. The molecule has 0 saturated carbocycles. The first kappa shape index (κ1) is 45.5. The second-order valence-electron chi connectivity index (χ2n) is 15.2. The molecule has 2 atom stereocenters. The molecule has 0 radical (unpaired) electrons. The van der Waals surface area contributed by atoms with E-state index in [-0.39, 0.29) is 39.6 Å². The van der Waals surface area contributed by atoms with Crippen LogP contribution in [0.25, 0.3) is 11.1 Å². The van der Waals surface area contributed by atoms with Gasteiger partial charge in [0.2, 0.25) is 0 Å². The lowest BCUT2D eigenvalue weighted by Gasteiger charge is -2.20. The van der Waals surface area contributed by atoms with E-state index in [1.54, 1.807) is 48.9 Å². The summed E-state index contributed by atoms with van der Waals surface area (Å²) in [6.07, 6.45) is 5.41. The number of halogens is 2. The van der Waals surface area contributed by atoms with Gasteiger partial charge in [0.05, 0.1) is 40.6 Å². The molecule has 0 aliphatic carbocycles. The van der Waals surface area contributed by atoms with Crippen LogP contribution in [0.1, 0.15) is 62.6 Å². The molecule has 328 valence electrons. The summed E-state index contributed by atoms with van der Waals surface area (Å²) in [4.78, 5) is 24.5. The summed E-state index contributed by atoms with van der Waals surface area (Å²) in [5.74, 6) is 0.383. The van der Waals surface area contributed by atoms with Gasteiger partial charge in [-0.05, 0) is 78.4 Å². The highest BCUT2D eigenvalue weighted by molar-refractivity contribution is 6.32. The average molecular weight is 903 g/mol. The van der Waals surface area contributed by atoms with Crippen LogP contribution in [0.2, 0.25) is 10.0 Å². The van der Waals surface area contributed by atoms with E-state index in [1.165, 1.54) is 13.1 Å². The minimum Gasteiger partial charge on any atom is -0.488 e. The zero-order valence-electron chi connectivity index (χ0n) is 35.3. The molecular weight excluding hydrogens is 857 g/mol. The molecule has 15 heteroatoms. The van der Waals surface area contributed by atoms with E-state index >= 15 is 0 Å². The fourth-order valence-corrected chi connectivity index (χ4v) is 7.54. The van der Waals surface area contributed by atoms with Crippen molar-refractivity contribution in [1.29, 1.82) is 5.26 Å². The number of rotatable bonds is 20. The summed E-state index contributed by atoms with van der Waals surface area (Å²) in [5, 5.41) is 42.5. The van der Waals surface area contributed by atoms with Gasteiger partial charge in [0.1, 0.15) is 61.5 Å². The molecule has 2 aromatic heterocycles. The van der Waals surface area contributed by atoms with Gasteiger partial charge in [-0.2, -0.15) is 5.26 Å². The zero-order chi connectivity index (χ0) is 45.3. The Kier molecular flexibility index (Phi) is 14.8. The predicted molar refractivity (Wildman–Crippen MR) is 242 cm³/mol. The van der Waals surface area contributed by atoms with E-state index in [4.69, 9.17) is 42.1 Å². The Morgan fingerprint density at radius 3 is 1.81 bits per heavy atom. The van der Waals surface area contributed by atoms with Crippen molar-refractivity contribution >= 4 is 34.9 Å². The van der Waals surface area contributed by atoms with Crippen molar-refractivity contribution < 1.29 is 39.1 Å². The molecule has 0 unspecified atom stereocenters. The van der Waals surface area contributed by atoms with E-state index in [0.717, 1.165) is 50.2 Å². The van der Waals surface area contributed by atoms with Crippen LogP contribution in [0.5, 0.6) is 23.0 Å². The molecule has 0 spiro atoms. The second kappa shape index (κ2) is 20.8. The number of aliphatic imine (C=N–C) groups is 1. The Morgan fingerprint density at radius 2 is 1.28 bits per heavy atom. The van der Waals surface area contributed by atoms with Gasteiger partial charge in [-0.1, -0.05) is 59.6 Å². The van der Waals surface area contributed by atoms with Gasteiger partial charge in [-0.3, -0.25) is 25.1 Å². The quantitative estimate of drug-likeness (QED) is 0.0573. The summed E-state index contributed by atoms with van der Waals surface area (Å²) in [6, 6.07) is 23.2. The predicted octanol–water partition coefficient (Wildman–Crippen LogP) is 8.47. The molecule has 0 bridgehead atoms. The Labute approximate surface area is 380 Å². The number of benzene rings is 4. The number of hydrogen-bond donors (Lipinski definition) is 4. The molecule has 0 fully saturated rings. The Balaban J connectivity index is 1.07. The van der Waals surface area contributed by atoms with Crippen LogP contribution >= 0.6 is 23.2 Å². The third-order valence-electron chi connectivity index (χ3n) is 10.8. The molecule has 13 nitrogen and oxygen atoms in total. The summed E-state index contributed by atoms with van der Waals surface area (Å²) in [5.41, 5.74) is 10.8. The maximum atomic E-state index is 11.8. The lowest BCUT2D eigenvalue weighted by molar-refractivity contribution is -0.142. The minimum absolute atomic E-state index is 0.0495. The van der Waals surface area contributed by atoms with Crippen molar-refractivity contribution in [1.82, 2.24) is 15.3 Å². The first-order chi connectivity index (χ1) is 30.9. The maximum Gasteiger partial charge on any atom is 0.323 e. The van der Waals surface area contributed by atoms with Crippen LogP contribution in [-0.2, 0) is 44.4 Å². The number of hydrogen-bond acceptors (Lipinski definition) is 12. The number of aliphatic hydroxyl groups is 2. The van der Waals surface area contributed by atoms with Crippen molar-refractivity contribution in [2.75, 3.05) is 6.54 Å². The minimum atomic E-state index is -1.21. The van der Waals surface area contributed by atoms with Crippen molar-refractivity contribution in [2.24, 2.45) is 4.99 Å². The van der Waals surface area contributed by atoms with E-state index in [2.05, 4.69) is 38.5 Å². The van der Waals surface area contributed by atoms with Crippen LogP contribution in [0, 0.1) is 25.2 Å². The first-order valence-corrected chi connectivity index (χ1v) is 21.1. The highest BCUT2D eigenvalue weighted by atomic mass is 35.5. The number of nitrogens with one attached hydrogen (secondary N) is 1. The number of carboxylic acid groups (broad SMARTS) is 1. The first-order valence-electron chi connectivity index (χ1n) is 20.3. The average Bonchev–Trinajstić information content (AvgIpc) is 4.14. The highest BCUT2D eigenvalue weighted by Crippen LogP contribution is 2.37. The summed E-state index contributed by atoms with van der Waals surface area (Å²) in [7, 11) is 0. The van der Waals surface area contributed by atoms with Gasteiger partial charge in [0, 0.05) is 71.3 Å². The van der Waals surface area contributed by atoms with Crippen LogP contribution in [-0.4, -0.2) is 55.7 Å². The number of carbonyl (C=O) groups is 1. The number of nitriles is 1. The van der Waals surface area contributed by atoms with Crippen LogP contribution in [0.3, 0.4) is 0 Å². The number of nitrogens with zero attached hydrogens (tertiary/aromatic N) is 4. The van der Waals surface area contributed by atoms with E-state index in [9.17, 15) is 25.4 Å². The molecular formula is C49H45Cl2N5O8.